The molecule has 11 heteroatoms. The van der Waals surface area contributed by atoms with E-state index >= 15 is 0 Å². The van der Waals surface area contributed by atoms with E-state index in [-0.39, 0.29) is 23.9 Å². The van der Waals surface area contributed by atoms with E-state index < -0.39 is 17.4 Å². The van der Waals surface area contributed by atoms with Crippen molar-refractivity contribution in [2.45, 2.75) is 32.4 Å². The van der Waals surface area contributed by atoms with Gasteiger partial charge in [0.2, 0.25) is 0 Å². The zero-order chi connectivity index (χ0) is 26.2. The highest BCUT2D eigenvalue weighted by molar-refractivity contribution is 6.05. The zero-order valence-corrected chi connectivity index (χ0v) is 20.5. The second kappa shape index (κ2) is 9.72. The van der Waals surface area contributed by atoms with Crippen molar-refractivity contribution in [2.75, 3.05) is 26.4 Å². The highest BCUT2D eigenvalue weighted by atomic mass is 16.5. The van der Waals surface area contributed by atoms with Crippen LogP contribution in [0.15, 0.2) is 28.8 Å². The Hall–Kier alpha value is -4.14. The van der Waals surface area contributed by atoms with Crippen molar-refractivity contribution in [2.24, 2.45) is 11.7 Å². The molecule has 0 unspecified atom stereocenters. The average Bonchev–Trinajstić information content (AvgIpc) is 3.60. The number of carbonyl (C=O) groups excluding carboxylic acids is 2. The van der Waals surface area contributed by atoms with Gasteiger partial charge in [0.25, 0.3) is 11.8 Å². The molecule has 0 radical (unpaired) electrons. The Kier molecular flexibility index (Phi) is 6.45. The summed E-state index contributed by atoms with van der Waals surface area (Å²) < 4.78 is 18.0. The summed E-state index contributed by atoms with van der Waals surface area (Å²) in [5.74, 6) is 6.22. The molecular weight excluding hydrogens is 478 g/mol. The zero-order valence-electron chi connectivity index (χ0n) is 20.5. The number of ether oxygens (including phenoxy) is 2. The molecule has 1 saturated heterocycles. The predicted octanol–water partition coefficient (Wildman–Crippen LogP) is 1.36. The van der Waals surface area contributed by atoms with E-state index in [0.717, 1.165) is 6.42 Å². The van der Waals surface area contributed by atoms with Crippen LogP contribution < -0.4 is 15.8 Å². The third kappa shape index (κ3) is 4.94. The fourth-order valence-electron chi connectivity index (χ4n) is 4.35. The number of fused-ring (bicyclic) bond motifs is 3. The maximum absolute atomic E-state index is 13.2. The van der Waals surface area contributed by atoms with Gasteiger partial charge < -0.3 is 34.7 Å². The summed E-state index contributed by atoms with van der Waals surface area (Å²) in [6, 6.07) is 6.84. The molecule has 0 spiro atoms. The number of benzene rings is 1. The lowest BCUT2D eigenvalue weighted by Crippen LogP contribution is -2.33. The van der Waals surface area contributed by atoms with E-state index in [0.29, 0.717) is 60.5 Å². The summed E-state index contributed by atoms with van der Waals surface area (Å²) in [4.78, 5) is 29.9. The van der Waals surface area contributed by atoms with Crippen molar-refractivity contribution < 1.29 is 28.7 Å². The SMILES string of the molecule is Cc1cc([C@](C)(O)C#Cc2ccc3c(c2)-c2nc(C(N)=O)c(C(=O)NC[C@@H]4CCOC4)n2CCO3)no1. The summed E-state index contributed by atoms with van der Waals surface area (Å²) in [6.45, 7) is 5.49. The molecule has 0 saturated carbocycles. The minimum Gasteiger partial charge on any atom is -0.491 e. The smallest absolute Gasteiger partial charge is 0.270 e. The standard InChI is InChI=1S/C26H27N5O6/c1-15-11-20(30-37-15)26(2,34)7-5-16-3-4-19-18(12-16)24-29-21(23(27)32)22(31(24)8-10-36-19)25(33)28-13-17-6-9-35-14-17/h3-4,11-12,17,34H,6,8-10,13-14H2,1-2H3,(H2,27,32)(H,28,33)/t17-,26+/m0/s1. The number of primary amides is 1. The Morgan fingerprint density at radius 1 is 1.32 bits per heavy atom. The molecule has 4 N–H and O–H groups in total. The van der Waals surface area contributed by atoms with Crippen molar-refractivity contribution in [3.05, 3.63) is 52.7 Å². The predicted molar refractivity (Wildman–Crippen MR) is 131 cm³/mol. The van der Waals surface area contributed by atoms with Crippen LogP contribution >= 0.6 is 0 Å². The van der Waals surface area contributed by atoms with Gasteiger partial charge in [0.05, 0.1) is 18.7 Å². The Bertz CT molecular complexity index is 1420. The van der Waals surface area contributed by atoms with Gasteiger partial charge in [0.15, 0.2) is 11.3 Å². The van der Waals surface area contributed by atoms with Crippen LogP contribution in [0.4, 0.5) is 0 Å². The van der Waals surface area contributed by atoms with Gasteiger partial charge in [-0.2, -0.15) is 0 Å². The molecule has 2 aliphatic rings. The van der Waals surface area contributed by atoms with Crippen LogP contribution in [-0.2, 0) is 16.9 Å². The average molecular weight is 506 g/mol. The lowest BCUT2D eigenvalue weighted by molar-refractivity contribution is 0.0918. The molecule has 3 aromatic rings. The molecule has 2 aromatic heterocycles. The first kappa shape index (κ1) is 24.5. The third-order valence-corrected chi connectivity index (χ3v) is 6.36. The first-order valence-corrected chi connectivity index (χ1v) is 12.0. The Morgan fingerprint density at radius 3 is 2.86 bits per heavy atom. The molecular formula is C26H27N5O6. The summed E-state index contributed by atoms with van der Waals surface area (Å²) in [7, 11) is 0. The second-order valence-electron chi connectivity index (χ2n) is 9.29. The normalized spacial score (nSPS) is 17.9. The lowest BCUT2D eigenvalue weighted by Gasteiger charge is -2.12. The fourth-order valence-corrected chi connectivity index (χ4v) is 4.35. The highest BCUT2D eigenvalue weighted by Crippen LogP contribution is 2.34. The summed E-state index contributed by atoms with van der Waals surface area (Å²) in [5, 5.41) is 17.5. The van der Waals surface area contributed by atoms with E-state index in [1.807, 2.05) is 0 Å². The number of nitrogens with one attached hydrogen (secondary N) is 1. The second-order valence-corrected chi connectivity index (χ2v) is 9.29. The van der Waals surface area contributed by atoms with E-state index in [1.54, 1.807) is 35.8 Å². The minimum atomic E-state index is -1.53. The maximum atomic E-state index is 13.2. The van der Waals surface area contributed by atoms with Gasteiger partial charge in [0.1, 0.15) is 35.3 Å². The molecule has 11 nitrogen and oxygen atoms in total. The number of hydrogen-bond acceptors (Lipinski definition) is 8. The van der Waals surface area contributed by atoms with Crippen molar-refractivity contribution in [1.29, 1.82) is 0 Å². The Balaban J connectivity index is 1.50. The van der Waals surface area contributed by atoms with Gasteiger partial charge in [-0.25, -0.2) is 4.98 Å². The van der Waals surface area contributed by atoms with E-state index in [4.69, 9.17) is 19.7 Å². The Morgan fingerprint density at radius 2 is 2.16 bits per heavy atom. The largest absolute Gasteiger partial charge is 0.491 e. The molecule has 2 aliphatic heterocycles. The fraction of sp³-hybridized carbons (Fsp3) is 0.385. The number of aryl methyl sites for hydroxylation is 1. The van der Waals surface area contributed by atoms with Crippen molar-refractivity contribution >= 4 is 11.8 Å². The number of nitrogens with two attached hydrogens (primary N) is 1. The molecule has 1 fully saturated rings. The number of aliphatic hydroxyl groups is 1. The first-order chi connectivity index (χ1) is 17.7. The number of rotatable bonds is 5. The molecule has 0 aliphatic carbocycles. The van der Waals surface area contributed by atoms with Crippen LogP contribution in [0, 0.1) is 24.7 Å². The number of hydrogen-bond donors (Lipinski definition) is 3. The van der Waals surface area contributed by atoms with E-state index in [9.17, 15) is 14.7 Å². The van der Waals surface area contributed by atoms with Gasteiger partial charge in [-0.05, 0) is 38.5 Å². The van der Waals surface area contributed by atoms with Crippen molar-refractivity contribution in [3.63, 3.8) is 0 Å². The van der Waals surface area contributed by atoms with Crippen molar-refractivity contribution in [3.8, 4) is 29.0 Å². The Labute approximate surface area is 212 Å². The highest BCUT2D eigenvalue weighted by Gasteiger charge is 2.30. The van der Waals surface area contributed by atoms with Crippen LogP contribution in [0.1, 0.15) is 51.3 Å². The van der Waals surface area contributed by atoms with Crippen LogP contribution in [0.2, 0.25) is 0 Å². The van der Waals surface area contributed by atoms with E-state index in [1.165, 1.54) is 6.92 Å². The number of amides is 2. The van der Waals surface area contributed by atoms with Crippen molar-refractivity contribution in [1.82, 2.24) is 20.0 Å². The topological polar surface area (TPSA) is 155 Å². The van der Waals surface area contributed by atoms with Crippen LogP contribution in [0.3, 0.4) is 0 Å². The van der Waals surface area contributed by atoms with Crippen LogP contribution in [0.25, 0.3) is 11.4 Å². The molecule has 2 amide bonds. The lowest BCUT2D eigenvalue weighted by atomic mass is 10.0. The number of imidazole rings is 1. The first-order valence-electron chi connectivity index (χ1n) is 12.0. The number of nitrogens with zero attached hydrogens (tertiary/aromatic N) is 3. The van der Waals surface area contributed by atoms with E-state index in [2.05, 4.69) is 27.3 Å². The van der Waals surface area contributed by atoms with Crippen LogP contribution in [-0.4, -0.2) is 58.0 Å². The molecule has 4 heterocycles. The molecule has 1 aromatic carbocycles. The molecule has 5 rings (SSSR count). The van der Waals surface area contributed by atoms with Gasteiger partial charge in [0, 0.05) is 30.7 Å². The molecule has 0 bridgehead atoms. The van der Waals surface area contributed by atoms with Gasteiger partial charge in [-0.1, -0.05) is 17.0 Å². The molecule has 192 valence electrons. The maximum Gasteiger partial charge on any atom is 0.270 e. The monoisotopic (exact) mass is 505 g/mol. The van der Waals surface area contributed by atoms with Crippen LogP contribution in [0.5, 0.6) is 5.75 Å². The molecule has 37 heavy (non-hydrogen) atoms. The van der Waals surface area contributed by atoms with Gasteiger partial charge in [-0.3, -0.25) is 9.59 Å². The number of carbonyl (C=O) groups is 2. The molecule has 2 atom stereocenters. The quantitative estimate of drug-likeness (QED) is 0.439. The number of aromatic nitrogens is 3. The van der Waals surface area contributed by atoms with Gasteiger partial charge >= 0.3 is 0 Å². The summed E-state index contributed by atoms with van der Waals surface area (Å²) in [6.07, 6.45) is 0.863. The summed E-state index contributed by atoms with van der Waals surface area (Å²) >= 11 is 0. The minimum absolute atomic E-state index is 0.0960. The summed E-state index contributed by atoms with van der Waals surface area (Å²) in [5.41, 5.74) is 5.48. The third-order valence-electron chi connectivity index (χ3n) is 6.36. The van der Waals surface area contributed by atoms with Gasteiger partial charge in [-0.15, -0.1) is 0 Å².